The van der Waals surface area contributed by atoms with Crippen LogP contribution in [0.15, 0.2) is 66.8 Å². The van der Waals surface area contributed by atoms with E-state index in [9.17, 15) is 9.59 Å². The fraction of sp³-hybridized carbons (Fsp3) is 0.136. The Bertz CT molecular complexity index is 947. The van der Waals surface area contributed by atoms with Gasteiger partial charge in [0.15, 0.2) is 5.11 Å². The first-order valence-corrected chi connectivity index (χ1v) is 9.17. The molecule has 28 heavy (non-hydrogen) atoms. The van der Waals surface area contributed by atoms with E-state index in [0.717, 1.165) is 5.56 Å². The summed E-state index contributed by atoms with van der Waals surface area (Å²) >= 11 is 5.04. The van der Waals surface area contributed by atoms with Crippen LogP contribution in [0.1, 0.15) is 16.7 Å². The molecule has 0 aliphatic carbocycles. The SMILES string of the molecule is C=CCN1C(=O)/C(=C/c2ccc(OCc3ccc(C)cc3)cc2)C(=O)NC1=S. The highest BCUT2D eigenvalue weighted by molar-refractivity contribution is 7.80. The number of thiocarbonyl (C=S) groups is 1. The van der Waals surface area contributed by atoms with Gasteiger partial charge in [0.2, 0.25) is 0 Å². The minimum atomic E-state index is -0.505. The molecule has 3 rings (SSSR count). The molecule has 6 heteroatoms. The molecule has 2 amide bonds. The highest BCUT2D eigenvalue weighted by Crippen LogP contribution is 2.18. The summed E-state index contributed by atoms with van der Waals surface area (Å²) < 4.78 is 5.78. The number of carbonyl (C=O) groups excluding carboxylic acids is 2. The Labute approximate surface area is 169 Å². The van der Waals surface area contributed by atoms with E-state index >= 15 is 0 Å². The summed E-state index contributed by atoms with van der Waals surface area (Å²) in [6, 6.07) is 15.3. The normalized spacial score (nSPS) is 15.5. The molecular weight excluding hydrogens is 372 g/mol. The molecule has 0 saturated carbocycles. The second kappa shape index (κ2) is 8.63. The number of carbonyl (C=O) groups is 2. The second-order valence-electron chi connectivity index (χ2n) is 6.37. The van der Waals surface area contributed by atoms with Crippen LogP contribution in [0.2, 0.25) is 0 Å². The summed E-state index contributed by atoms with van der Waals surface area (Å²) in [6.45, 7) is 6.35. The smallest absolute Gasteiger partial charge is 0.265 e. The van der Waals surface area contributed by atoms with Crippen molar-refractivity contribution in [1.82, 2.24) is 10.2 Å². The van der Waals surface area contributed by atoms with Gasteiger partial charge < -0.3 is 4.74 Å². The molecule has 1 saturated heterocycles. The molecule has 1 N–H and O–H groups in total. The van der Waals surface area contributed by atoms with Crippen LogP contribution in [0.4, 0.5) is 0 Å². The fourth-order valence-electron chi connectivity index (χ4n) is 2.67. The summed E-state index contributed by atoms with van der Waals surface area (Å²) in [5.74, 6) is -0.236. The molecule has 0 unspecified atom stereocenters. The Kier molecular flexibility index (Phi) is 6.01. The Hall–Kier alpha value is -3.25. The second-order valence-corrected chi connectivity index (χ2v) is 6.75. The Morgan fingerprint density at radius 1 is 1.11 bits per heavy atom. The maximum atomic E-state index is 12.5. The van der Waals surface area contributed by atoms with Gasteiger partial charge in [-0.15, -0.1) is 6.58 Å². The number of ether oxygens (including phenoxy) is 1. The van der Waals surface area contributed by atoms with E-state index in [1.165, 1.54) is 10.5 Å². The van der Waals surface area contributed by atoms with Crippen molar-refractivity contribution in [2.24, 2.45) is 0 Å². The van der Waals surface area contributed by atoms with E-state index in [4.69, 9.17) is 17.0 Å². The van der Waals surface area contributed by atoms with E-state index in [2.05, 4.69) is 11.9 Å². The zero-order valence-corrected chi connectivity index (χ0v) is 16.3. The van der Waals surface area contributed by atoms with Crippen molar-refractivity contribution in [3.05, 3.63) is 83.4 Å². The van der Waals surface area contributed by atoms with Crippen LogP contribution in [-0.2, 0) is 16.2 Å². The number of hydrogen-bond donors (Lipinski definition) is 1. The van der Waals surface area contributed by atoms with Gasteiger partial charge in [0, 0.05) is 6.54 Å². The molecule has 0 aromatic heterocycles. The van der Waals surface area contributed by atoms with Gasteiger partial charge in [0.1, 0.15) is 17.9 Å². The molecule has 1 heterocycles. The third-order valence-corrected chi connectivity index (χ3v) is 4.54. The lowest BCUT2D eigenvalue weighted by Gasteiger charge is -2.27. The topological polar surface area (TPSA) is 58.6 Å². The molecule has 0 atom stereocenters. The molecule has 1 aliphatic heterocycles. The van der Waals surface area contributed by atoms with Gasteiger partial charge in [-0.2, -0.15) is 0 Å². The number of benzene rings is 2. The first kappa shape index (κ1) is 19.5. The van der Waals surface area contributed by atoms with Crippen molar-refractivity contribution in [1.29, 1.82) is 0 Å². The molecule has 5 nitrogen and oxygen atoms in total. The monoisotopic (exact) mass is 392 g/mol. The van der Waals surface area contributed by atoms with E-state index in [1.54, 1.807) is 36.4 Å². The third kappa shape index (κ3) is 4.53. The van der Waals surface area contributed by atoms with Crippen molar-refractivity contribution in [3.63, 3.8) is 0 Å². The quantitative estimate of drug-likeness (QED) is 0.354. The molecule has 2 aromatic rings. The molecule has 1 aliphatic rings. The summed E-state index contributed by atoms with van der Waals surface area (Å²) in [7, 11) is 0. The molecule has 1 fully saturated rings. The van der Waals surface area contributed by atoms with Crippen molar-refractivity contribution in [3.8, 4) is 5.75 Å². The van der Waals surface area contributed by atoms with Gasteiger partial charge in [-0.3, -0.25) is 19.8 Å². The van der Waals surface area contributed by atoms with Crippen LogP contribution < -0.4 is 10.1 Å². The molecule has 2 aromatic carbocycles. The van der Waals surface area contributed by atoms with Gasteiger partial charge in [-0.1, -0.05) is 48.0 Å². The van der Waals surface area contributed by atoms with Crippen LogP contribution >= 0.6 is 12.2 Å². The molecule has 0 radical (unpaired) electrons. The number of amides is 2. The van der Waals surface area contributed by atoms with Crippen molar-refractivity contribution >= 4 is 35.2 Å². The van der Waals surface area contributed by atoms with Gasteiger partial charge in [-0.25, -0.2) is 0 Å². The first-order chi connectivity index (χ1) is 13.5. The maximum Gasteiger partial charge on any atom is 0.265 e. The molecule has 0 bridgehead atoms. The van der Waals surface area contributed by atoms with Gasteiger partial charge >= 0.3 is 0 Å². The standard InChI is InChI=1S/C22H20N2O3S/c1-3-12-24-21(26)19(20(25)23-22(24)28)13-16-8-10-18(11-9-16)27-14-17-6-4-15(2)5-7-17/h3-11,13H,1,12,14H2,2H3,(H,23,25,28)/b19-13+. The minimum absolute atomic E-state index is 0.0313. The van der Waals surface area contributed by atoms with Gasteiger partial charge in [0.25, 0.3) is 11.8 Å². The minimum Gasteiger partial charge on any atom is -0.489 e. The van der Waals surface area contributed by atoms with Gasteiger partial charge in [0.05, 0.1) is 0 Å². The van der Waals surface area contributed by atoms with Crippen LogP contribution in [0.25, 0.3) is 6.08 Å². The summed E-state index contributed by atoms with van der Waals surface area (Å²) in [5, 5.41) is 2.62. The molecular formula is C22H20N2O3S. The predicted molar refractivity (Wildman–Crippen MR) is 113 cm³/mol. The Morgan fingerprint density at radius 2 is 1.79 bits per heavy atom. The van der Waals surface area contributed by atoms with Gasteiger partial charge in [-0.05, 0) is 48.5 Å². The number of nitrogens with zero attached hydrogens (tertiary/aromatic N) is 1. The predicted octanol–water partition coefficient (Wildman–Crippen LogP) is 3.39. The van der Waals surface area contributed by atoms with Crippen LogP contribution in [-0.4, -0.2) is 28.4 Å². The third-order valence-electron chi connectivity index (χ3n) is 4.21. The summed E-state index contributed by atoms with van der Waals surface area (Å²) in [4.78, 5) is 26.0. The summed E-state index contributed by atoms with van der Waals surface area (Å²) in [5.41, 5.74) is 3.03. The zero-order valence-electron chi connectivity index (χ0n) is 15.5. The van der Waals surface area contributed by atoms with Crippen LogP contribution in [0, 0.1) is 6.92 Å². The Balaban J connectivity index is 1.70. The number of hydrogen-bond acceptors (Lipinski definition) is 4. The lowest BCUT2D eigenvalue weighted by atomic mass is 10.1. The van der Waals surface area contributed by atoms with E-state index in [1.807, 2.05) is 31.2 Å². The largest absolute Gasteiger partial charge is 0.489 e. The van der Waals surface area contributed by atoms with E-state index in [0.29, 0.717) is 17.9 Å². The maximum absolute atomic E-state index is 12.5. The molecule has 142 valence electrons. The van der Waals surface area contributed by atoms with Crippen molar-refractivity contribution < 1.29 is 14.3 Å². The summed E-state index contributed by atoms with van der Waals surface area (Å²) in [6.07, 6.45) is 3.10. The fourth-order valence-corrected chi connectivity index (χ4v) is 2.92. The lowest BCUT2D eigenvalue weighted by molar-refractivity contribution is -0.128. The van der Waals surface area contributed by atoms with Crippen molar-refractivity contribution in [2.45, 2.75) is 13.5 Å². The zero-order chi connectivity index (χ0) is 20.1. The lowest BCUT2D eigenvalue weighted by Crippen LogP contribution is -2.53. The number of rotatable bonds is 6. The highest BCUT2D eigenvalue weighted by atomic mass is 32.1. The average Bonchev–Trinajstić information content (AvgIpc) is 2.69. The van der Waals surface area contributed by atoms with E-state index in [-0.39, 0.29) is 17.2 Å². The van der Waals surface area contributed by atoms with E-state index < -0.39 is 11.8 Å². The first-order valence-electron chi connectivity index (χ1n) is 8.76. The van der Waals surface area contributed by atoms with Crippen LogP contribution in [0.5, 0.6) is 5.75 Å². The Morgan fingerprint density at radius 3 is 2.43 bits per heavy atom. The van der Waals surface area contributed by atoms with Crippen LogP contribution in [0.3, 0.4) is 0 Å². The molecule has 0 spiro atoms. The number of aryl methyl sites for hydroxylation is 1. The highest BCUT2D eigenvalue weighted by Gasteiger charge is 2.32. The van der Waals surface area contributed by atoms with Crippen molar-refractivity contribution in [2.75, 3.05) is 6.54 Å². The average molecular weight is 392 g/mol. The number of nitrogens with one attached hydrogen (secondary N) is 1.